The summed E-state index contributed by atoms with van der Waals surface area (Å²) in [6.45, 7) is 2.52. The Bertz CT molecular complexity index is 490. The Labute approximate surface area is 146 Å². The van der Waals surface area contributed by atoms with Gasteiger partial charge in [-0.25, -0.2) is 8.42 Å². The van der Waals surface area contributed by atoms with Crippen molar-refractivity contribution in [2.75, 3.05) is 0 Å². The first-order valence-electron chi connectivity index (χ1n) is 4.54. The van der Waals surface area contributed by atoms with Crippen LogP contribution in [-0.2, 0) is 19.4 Å². The molecule has 0 spiro atoms. The normalized spacial score (nSPS) is 36.8. The molecule has 0 aromatic carbocycles. The van der Waals surface area contributed by atoms with E-state index in [0.29, 0.717) is 0 Å². The Hall–Kier alpha value is 0.816. The van der Waals surface area contributed by atoms with Gasteiger partial charge in [-0.1, -0.05) is 0 Å². The molecule has 0 radical (unpaired) electrons. The molecular weight excluding hydrogens is 297 g/mol. The second-order valence-electron chi connectivity index (χ2n) is 4.41. The number of nitrogens with zero attached hydrogens (tertiary/aromatic N) is 1. The third-order valence-corrected chi connectivity index (χ3v) is 6.63. The number of carbonyl (C=O) groups is 2. The number of rotatable bonds is 1. The Kier molecular flexibility index (Phi) is 4.14. The third kappa shape index (κ3) is 1.76. The van der Waals surface area contributed by atoms with Gasteiger partial charge in [0.05, 0.1) is 16.8 Å². The zero-order valence-corrected chi connectivity index (χ0v) is 14.2. The number of hydrogen-bond donors (Lipinski definition) is 0. The Morgan fingerprint density at radius 2 is 1.94 bits per heavy atom. The molecule has 2 rings (SSSR count). The van der Waals surface area contributed by atoms with E-state index in [4.69, 9.17) is 11.6 Å². The molecule has 0 aliphatic carbocycles. The Balaban J connectivity index is 0.00000144. The number of sulfone groups is 1. The maximum Gasteiger partial charge on any atom is 1.00 e. The van der Waals surface area contributed by atoms with E-state index in [2.05, 4.69) is 0 Å². The second kappa shape index (κ2) is 4.43. The first-order valence-corrected chi connectivity index (χ1v) is 6.53. The van der Waals surface area contributed by atoms with Crippen molar-refractivity contribution in [1.82, 2.24) is 4.90 Å². The Morgan fingerprint density at radius 3 is 2.35 bits per heavy atom. The summed E-state index contributed by atoms with van der Waals surface area (Å²) in [7, 11) is -3.79. The number of carboxylic acid groups (broad SMARTS) is 1. The quantitative estimate of drug-likeness (QED) is 0.275. The maximum absolute atomic E-state index is 12.0. The average molecular weight is 306 g/mol. The van der Waals surface area contributed by atoms with Gasteiger partial charge in [0.25, 0.3) is 0 Å². The molecule has 0 bridgehead atoms. The van der Waals surface area contributed by atoms with E-state index in [0.717, 1.165) is 4.90 Å². The van der Waals surface area contributed by atoms with Crippen LogP contribution >= 0.6 is 11.6 Å². The molecule has 0 aromatic heterocycles. The molecule has 9 heteroatoms. The number of amides is 1. The summed E-state index contributed by atoms with van der Waals surface area (Å²) in [5, 5.41) is 8.51. The molecule has 1 amide bonds. The number of alkyl halides is 1. The topological polar surface area (TPSA) is 94.6 Å². The standard InChI is InChI=1S/C8H10ClNO5S.K/c1-8(2)4(7(12)13)10-5(11)3(9)6(10)16(8,14)15;/h3-4,6H,1-2H3,(H,12,13);/q;+1/p-1/t3-,4-,6+;/m0./s1. The maximum atomic E-state index is 12.0. The first kappa shape index (κ1) is 15.9. The summed E-state index contributed by atoms with van der Waals surface area (Å²) in [5.74, 6) is -2.25. The van der Waals surface area contributed by atoms with Crippen molar-refractivity contribution in [2.24, 2.45) is 0 Å². The number of carboxylic acids is 1. The second-order valence-corrected chi connectivity index (χ2v) is 7.50. The van der Waals surface area contributed by atoms with E-state index >= 15 is 0 Å². The fourth-order valence-corrected chi connectivity index (χ4v) is 4.97. The fourth-order valence-electron chi connectivity index (χ4n) is 2.23. The molecular formula is C8H9ClKNO5S. The zero-order valence-electron chi connectivity index (χ0n) is 9.51. The van der Waals surface area contributed by atoms with Crippen LogP contribution in [0.2, 0.25) is 0 Å². The molecule has 90 valence electrons. The summed E-state index contributed by atoms with van der Waals surface area (Å²) in [5.41, 5.74) is 0. The van der Waals surface area contributed by atoms with Crippen LogP contribution in [0.5, 0.6) is 0 Å². The molecule has 0 aromatic rings. The van der Waals surface area contributed by atoms with Crippen molar-refractivity contribution < 1.29 is 74.5 Å². The predicted molar refractivity (Wildman–Crippen MR) is 52.1 cm³/mol. The van der Waals surface area contributed by atoms with E-state index in [9.17, 15) is 23.1 Å². The number of β-lactam (4-membered cyclic amide) rings is 1. The largest absolute Gasteiger partial charge is 1.00 e. The summed E-state index contributed by atoms with van der Waals surface area (Å²) in [4.78, 5) is 23.1. The molecule has 17 heavy (non-hydrogen) atoms. The summed E-state index contributed by atoms with van der Waals surface area (Å²) in [6, 6.07) is -1.47. The van der Waals surface area contributed by atoms with Crippen molar-refractivity contribution in [3.05, 3.63) is 0 Å². The van der Waals surface area contributed by atoms with Gasteiger partial charge < -0.3 is 14.8 Å². The number of carbonyl (C=O) groups excluding carboxylic acids is 2. The molecule has 6 nitrogen and oxygen atoms in total. The first-order chi connectivity index (χ1) is 7.14. The van der Waals surface area contributed by atoms with E-state index in [1.807, 2.05) is 0 Å². The van der Waals surface area contributed by atoms with E-state index in [1.165, 1.54) is 13.8 Å². The van der Waals surface area contributed by atoms with Gasteiger partial charge in [-0.2, -0.15) is 0 Å². The van der Waals surface area contributed by atoms with Gasteiger partial charge in [-0.3, -0.25) is 4.79 Å². The van der Waals surface area contributed by atoms with E-state index < -0.39 is 43.3 Å². The minimum atomic E-state index is -3.79. The van der Waals surface area contributed by atoms with Crippen molar-refractivity contribution in [2.45, 2.75) is 35.4 Å². The molecule has 0 N–H and O–H groups in total. The zero-order chi connectivity index (χ0) is 12.5. The van der Waals surface area contributed by atoms with Gasteiger partial charge in [0, 0.05) is 0 Å². The minimum Gasteiger partial charge on any atom is -0.548 e. The molecule has 2 fully saturated rings. The Morgan fingerprint density at radius 1 is 1.47 bits per heavy atom. The van der Waals surface area contributed by atoms with Crippen molar-refractivity contribution in [3.63, 3.8) is 0 Å². The minimum absolute atomic E-state index is 0. The SMILES string of the molecule is CC1(C)[C@H](C(=O)[O-])N2C(=O)[C@H](Cl)[C@H]2S1(=O)=O.[K+]. The predicted octanol–water partition coefficient (Wildman–Crippen LogP) is -4.91. The van der Waals surface area contributed by atoms with Crippen LogP contribution in [0, 0.1) is 0 Å². The molecule has 3 atom stereocenters. The smallest absolute Gasteiger partial charge is 0.548 e. The molecule has 2 heterocycles. The monoisotopic (exact) mass is 305 g/mol. The molecule has 0 unspecified atom stereocenters. The molecule has 2 aliphatic heterocycles. The number of aliphatic carboxylic acids is 1. The number of halogens is 1. The summed E-state index contributed by atoms with van der Waals surface area (Å²) < 4.78 is 22.4. The van der Waals surface area contributed by atoms with Crippen LogP contribution in [0.4, 0.5) is 0 Å². The number of fused-ring (bicyclic) bond motifs is 1. The third-order valence-electron chi connectivity index (χ3n) is 3.23. The molecule has 2 aliphatic rings. The van der Waals surface area contributed by atoms with Gasteiger partial charge >= 0.3 is 51.4 Å². The summed E-state index contributed by atoms with van der Waals surface area (Å²) >= 11 is 5.60. The van der Waals surface area contributed by atoms with Crippen molar-refractivity contribution >= 4 is 33.3 Å². The molecule has 0 saturated carbocycles. The van der Waals surface area contributed by atoms with Crippen LogP contribution in [-0.4, -0.2) is 46.7 Å². The van der Waals surface area contributed by atoms with Crippen molar-refractivity contribution in [1.29, 1.82) is 0 Å². The van der Waals surface area contributed by atoms with E-state index in [1.54, 1.807) is 0 Å². The van der Waals surface area contributed by atoms with Gasteiger partial charge in [-0.15, -0.1) is 11.6 Å². The van der Waals surface area contributed by atoms with Crippen LogP contribution < -0.4 is 56.5 Å². The summed E-state index contributed by atoms with van der Waals surface area (Å²) in [6.07, 6.45) is 0. The van der Waals surface area contributed by atoms with Crippen LogP contribution in [0.1, 0.15) is 13.8 Å². The van der Waals surface area contributed by atoms with Crippen LogP contribution in [0.15, 0.2) is 0 Å². The molecule has 2 saturated heterocycles. The van der Waals surface area contributed by atoms with Gasteiger partial charge in [0.15, 0.2) is 15.2 Å². The average Bonchev–Trinajstić information content (AvgIpc) is 2.28. The number of hydrogen-bond acceptors (Lipinski definition) is 5. The van der Waals surface area contributed by atoms with Gasteiger partial charge in [0.1, 0.15) is 5.38 Å². The van der Waals surface area contributed by atoms with Crippen LogP contribution in [0.25, 0.3) is 0 Å². The van der Waals surface area contributed by atoms with E-state index in [-0.39, 0.29) is 51.4 Å². The van der Waals surface area contributed by atoms with Gasteiger partial charge in [-0.05, 0) is 13.8 Å². The van der Waals surface area contributed by atoms with Crippen LogP contribution in [0.3, 0.4) is 0 Å². The van der Waals surface area contributed by atoms with Gasteiger partial charge in [0.2, 0.25) is 5.91 Å². The fraction of sp³-hybridized carbons (Fsp3) is 0.750. The van der Waals surface area contributed by atoms with Crippen molar-refractivity contribution in [3.8, 4) is 0 Å².